The Bertz CT molecular complexity index is 866. The Hall–Kier alpha value is -0.990. The minimum Gasteiger partial charge on any atom is -0.289 e. The number of carbonyl (C=O) groups is 1. The molecular formula is C15H11BrCl2FNO3S. The molecule has 2 rings (SSSR count). The van der Waals surface area contributed by atoms with Crippen LogP contribution in [0, 0.1) is 5.82 Å². The molecular weight excluding hydrogens is 444 g/mol. The number of hydrogen-bond acceptors (Lipinski definition) is 3. The number of benzene rings is 2. The molecule has 0 aliphatic carbocycles. The summed E-state index contributed by atoms with van der Waals surface area (Å²) in [4.78, 5) is 12.6. The van der Waals surface area contributed by atoms with E-state index in [2.05, 4.69) is 20.7 Å². The molecule has 0 unspecified atom stereocenters. The molecule has 0 aliphatic heterocycles. The van der Waals surface area contributed by atoms with Crippen molar-refractivity contribution in [3.8, 4) is 0 Å². The van der Waals surface area contributed by atoms with E-state index in [1.165, 1.54) is 12.1 Å². The van der Waals surface area contributed by atoms with E-state index in [1.54, 1.807) is 6.07 Å². The highest BCUT2D eigenvalue weighted by Gasteiger charge is 2.18. The van der Waals surface area contributed by atoms with Crippen molar-refractivity contribution in [1.29, 1.82) is 0 Å². The van der Waals surface area contributed by atoms with E-state index in [-0.39, 0.29) is 22.7 Å². The summed E-state index contributed by atoms with van der Waals surface area (Å²) in [5.74, 6) is -0.936. The molecule has 0 amide bonds. The zero-order chi connectivity index (χ0) is 17.9. The summed E-state index contributed by atoms with van der Waals surface area (Å²) in [6.45, 7) is 0.196. The summed E-state index contributed by atoms with van der Waals surface area (Å²) in [5.41, 5.74) is 1.11. The number of halogens is 4. The van der Waals surface area contributed by atoms with E-state index >= 15 is 0 Å². The molecule has 9 heteroatoms. The Morgan fingerprint density at radius 2 is 1.83 bits per heavy atom. The molecule has 2 aromatic carbocycles. The third-order valence-electron chi connectivity index (χ3n) is 3.19. The molecule has 2 aromatic rings. The van der Waals surface area contributed by atoms with Gasteiger partial charge in [0.25, 0.3) is 0 Å². The molecule has 4 nitrogen and oxygen atoms in total. The maximum atomic E-state index is 13.1. The van der Waals surface area contributed by atoms with E-state index in [4.69, 9.17) is 23.2 Å². The van der Waals surface area contributed by atoms with Crippen LogP contribution in [0.4, 0.5) is 4.39 Å². The first-order valence-corrected chi connectivity index (χ1v) is 9.38. The standard InChI is InChI=1S/C15H11BrCl2FNO3S/c16-12-5-8(3-4-20-24(22)23)13(17)7-11(12)15(21)10-2-1-9(19)6-14(10)18/h1-2,5-7,24H,3-4H2,(H,20,22,23). The SMILES string of the molecule is O=C(c1ccc(F)cc1Cl)c1cc(Cl)c(CCN[SH](=O)=O)cc1Br. The van der Waals surface area contributed by atoms with Gasteiger partial charge < -0.3 is 0 Å². The molecule has 0 radical (unpaired) electrons. The fourth-order valence-electron chi connectivity index (χ4n) is 2.05. The second kappa shape index (κ2) is 8.40. The third kappa shape index (κ3) is 4.77. The topological polar surface area (TPSA) is 63.2 Å². The summed E-state index contributed by atoms with van der Waals surface area (Å²) >= 11 is 15.4. The fraction of sp³-hybridized carbons (Fsp3) is 0.133. The van der Waals surface area contributed by atoms with Gasteiger partial charge in [-0.3, -0.25) is 4.79 Å². The second-order valence-electron chi connectivity index (χ2n) is 4.79. The molecule has 0 spiro atoms. The fourth-order valence-corrected chi connectivity index (χ4v) is 3.43. The number of rotatable bonds is 6. The Labute approximate surface area is 158 Å². The lowest BCUT2D eigenvalue weighted by Gasteiger charge is -2.10. The highest BCUT2D eigenvalue weighted by molar-refractivity contribution is 9.10. The average molecular weight is 455 g/mol. The molecule has 0 aromatic heterocycles. The van der Waals surface area contributed by atoms with Gasteiger partial charge in [0.05, 0.1) is 5.02 Å². The van der Waals surface area contributed by atoms with Crippen molar-refractivity contribution < 1.29 is 17.6 Å². The van der Waals surface area contributed by atoms with Crippen LogP contribution in [0.5, 0.6) is 0 Å². The summed E-state index contributed by atoms with van der Waals surface area (Å²) in [7, 11) is -2.67. The van der Waals surface area contributed by atoms with Gasteiger partial charge in [-0.1, -0.05) is 39.1 Å². The lowest BCUT2D eigenvalue weighted by molar-refractivity contribution is 0.103. The number of thiol groups is 1. The molecule has 1 N–H and O–H groups in total. The van der Waals surface area contributed by atoms with Gasteiger partial charge in [-0.15, -0.1) is 0 Å². The van der Waals surface area contributed by atoms with E-state index in [0.717, 1.165) is 12.1 Å². The van der Waals surface area contributed by atoms with Crippen LogP contribution in [0.3, 0.4) is 0 Å². The van der Waals surface area contributed by atoms with Crippen molar-refractivity contribution in [2.45, 2.75) is 6.42 Å². The predicted octanol–water partition coefficient (Wildman–Crippen LogP) is 3.78. The summed E-state index contributed by atoms with van der Waals surface area (Å²) < 4.78 is 36.9. The number of hydrogen-bond donors (Lipinski definition) is 2. The maximum absolute atomic E-state index is 13.1. The van der Waals surface area contributed by atoms with Crippen LogP contribution in [0.2, 0.25) is 10.0 Å². The average Bonchev–Trinajstić information content (AvgIpc) is 2.49. The summed E-state index contributed by atoms with van der Waals surface area (Å²) in [6.07, 6.45) is 0.368. The van der Waals surface area contributed by atoms with Crippen LogP contribution >= 0.6 is 39.1 Å². The lowest BCUT2D eigenvalue weighted by Crippen LogP contribution is -2.15. The molecule has 0 bridgehead atoms. The van der Waals surface area contributed by atoms with Crippen molar-refractivity contribution in [2.24, 2.45) is 0 Å². The highest BCUT2D eigenvalue weighted by Crippen LogP contribution is 2.29. The summed E-state index contributed by atoms with van der Waals surface area (Å²) in [5, 5.41) is 0.332. The predicted molar refractivity (Wildman–Crippen MR) is 96.0 cm³/mol. The van der Waals surface area contributed by atoms with Crippen molar-refractivity contribution in [3.63, 3.8) is 0 Å². The molecule has 0 fully saturated rings. The second-order valence-corrected chi connectivity index (χ2v) is 7.29. The Morgan fingerprint density at radius 1 is 1.12 bits per heavy atom. The van der Waals surface area contributed by atoms with Gasteiger partial charge in [-0.05, 0) is 42.3 Å². The van der Waals surface area contributed by atoms with Crippen molar-refractivity contribution in [1.82, 2.24) is 4.72 Å². The van der Waals surface area contributed by atoms with Gasteiger partial charge in [0.1, 0.15) is 5.82 Å². The number of nitrogens with one attached hydrogen (secondary N) is 1. The number of ketones is 1. The molecule has 24 heavy (non-hydrogen) atoms. The Balaban J connectivity index is 2.31. The van der Waals surface area contributed by atoms with E-state index in [9.17, 15) is 17.6 Å². The zero-order valence-corrected chi connectivity index (χ0v) is 16.0. The maximum Gasteiger partial charge on any atom is 0.201 e. The normalized spacial score (nSPS) is 11.0. The minimum absolute atomic E-state index is 0.00977. The molecule has 0 aliphatic rings. The largest absolute Gasteiger partial charge is 0.289 e. The van der Waals surface area contributed by atoms with E-state index < -0.39 is 22.5 Å². The Morgan fingerprint density at radius 3 is 2.46 bits per heavy atom. The summed E-state index contributed by atoms with van der Waals surface area (Å²) in [6, 6.07) is 6.64. The Kier molecular flexibility index (Phi) is 6.77. The van der Waals surface area contributed by atoms with Crippen LogP contribution in [-0.4, -0.2) is 20.7 Å². The van der Waals surface area contributed by atoms with Gasteiger partial charge >= 0.3 is 0 Å². The van der Waals surface area contributed by atoms with Gasteiger partial charge in [-0.25, -0.2) is 17.5 Å². The van der Waals surface area contributed by atoms with Crippen LogP contribution in [0.15, 0.2) is 34.8 Å². The van der Waals surface area contributed by atoms with E-state index in [1.807, 2.05) is 0 Å². The van der Waals surface area contributed by atoms with Crippen LogP contribution < -0.4 is 4.72 Å². The quantitative estimate of drug-likeness (QED) is 0.515. The molecule has 0 saturated heterocycles. The van der Waals surface area contributed by atoms with Crippen LogP contribution in [0.1, 0.15) is 21.5 Å². The molecule has 0 saturated carbocycles. The monoisotopic (exact) mass is 453 g/mol. The van der Waals surface area contributed by atoms with Crippen molar-refractivity contribution >= 4 is 55.8 Å². The van der Waals surface area contributed by atoms with Crippen LogP contribution in [-0.2, 0) is 17.3 Å². The van der Waals surface area contributed by atoms with Crippen molar-refractivity contribution in [3.05, 3.63) is 67.4 Å². The molecule has 0 heterocycles. The highest BCUT2D eigenvalue weighted by atomic mass is 79.9. The molecule has 128 valence electrons. The van der Waals surface area contributed by atoms with Gasteiger partial charge in [-0.2, -0.15) is 0 Å². The van der Waals surface area contributed by atoms with Gasteiger partial charge in [0, 0.05) is 27.2 Å². The first kappa shape index (κ1) is 19.3. The molecule has 0 atom stereocenters. The van der Waals surface area contributed by atoms with Gasteiger partial charge in [0.2, 0.25) is 10.9 Å². The zero-order valence-electron chi connectivity index (χ0n) is 12.0. The van der Waals surface area contributed by atoms with Crippen molar-refractivity contribution in [2.75, 3.05) is 6.54 Å². The third-order valence-corrected chi connectivity index (χ3v) is 4.99. The number of carbonyl (C=O) groups excluding carboxylic acids is 1. The smallest absolute Gasteiger partial charge is 0.201 e. The minimum atomic E-state index is -2.67. The van der Waals surface area contributed by atoms with Crippen LogP contribution in [0.25, 0.3) is 0 Å². The lowest BCUT2D eigenvalue weighted by atomic mass is 10.0. The first-order valence-electron chi connectivity index (χ1n) is 6.65. The van der Waals surface area contributed by atoms with Gasteiger partial charge in [0.15, 0.2) is 5.78 Å². The van der Waals surface area contributed by atoms with E-state index in [0.29, 0.717) is 21.5 Å². The first-order chi connectivity index (χ1) is 11.3.